The summed E-state index contributed by atoms with van der Waals surface area (Å²) in [6.45, 7) is 2.00. The van der Waals surface area contributed by atoms with Crippen LogP contribution in [0, 0.1) is 11.6 Å². The molecule has 0 bridgehead atoms. The Kier molecular flexibility index (Phi) is 7.15. The molecule has 31 heavy (non-hydrogen) atoms. The smallest absolute Gasteiger partial charge is 0.253 e. The van der Waals surface area contributed by atoms with E-state index in [2.05, 4.69) is 10.6 Å². The lowest BCUT2D eigenvalue weighted by Crippen LogP contribution is -2.33. The summed E-state index contributed by atoms with van der Waals surface area (Å²) in [7, 11) is 1.70. The van der Waals surface area contributed by atoms with Crippen LogP contribution in [0.5, 0.6) is 0 Å². The minimum absolute atomic E-state index is 0.0114. The van der Waals surface area contributed by atoms with Gasteiger partial charge in [-0.25, -0.2) is 8.78 Å². The number of furan rings is 1. The van der Waals surface area contributed by atoms with Crippen LogP contribution in [0.15, 0.2) is 65.3 Å². The molecule has 0 fully saturated rings. The molecule has 1 unspecified atom stereocenters. The Labute approximate surface area is 178 Å². The van der Waals surface area contributed by atoms with E-state index in [-0.39, 0.29) is 30.9 Å². The van der Waals surface area contributed by atoms with Gasteiger partial charge in [-0.3, -0.25) is 14.5 Å². The molecule has 162 valence electrons. The molecule has 0 aliphatic heterocycles. The van der Waals surface area contributed by atoms with Crippen LogP contribution in [0.3, 0.4) is 0 Å². The van der Waals surface area contributed by atoms with E-state index in [1.807, 2.05) is 0 Å². The normalized spacial score (nSPS) is 11.9. The molecule has 2 N–H and O–H groups in total. The number of anilines is 1. The Morgan fingerprint density at radius 3 is 2.55 bits per heavy atom. The Hall–Kier alpha value is -3.52. The minimum Gasteiger partial charge on any atom is -0.467 e. The second kappa shape index (κ2) is 9.99. The maximum atomic E-state index is 13.5. The SMILES string of the molecule is CC(c1ccc(F)c(F)c1)N(C)CC(=O)Nc1ccccc1C(=O)NCc1ccco1. The maximum Gasteiger partial charge on any atom is 0.253 e. The van der Waals surface area contributed by atoms with E-state index in [0.29, 0.717) is 22.6 Å². The fraction of sp³-hybridized carbons (Fsp3) is 0.217. The standard InChI is InChI=1S/C23H23F2N3O3/c1-15(16-9-10-19(24)20(25)12-16)28(2)14-22(29)27-21-8-4-3-7-18(21)23(30)26-13-17-6-5-11-31-17/h3-12,15H,13-14H2,1-2H3,(H,26,30)(H,27,29). The van der Waals surface area contributed by atoms with Gasteiger partial charge in [0.1, 0.15) is 5.76 Å². The third-order valence-electron chi connectivity index (χ3n) is 4.93. The Bertz CT molecular complexity index is 1050. The predicted molar refractivity (Wildman–Crippen MR) is 112 cm³/mol. The number of nitrogens with zero attached hydrogens (tertiary/aromatic N) is 1. The lowest BCUT2D eigenvalue weighted by atomic mass is 10.1. The molecule has 3 aromatic rings. The lowest BCUT2D eigenvalue weighted by molar-refractivity contribution is -0.117. The molecule has 1 heterocycles. The average Bonchev–Trinajstić information content (AvgIpc) is 3.27. The van der Waals surface area contributed by atoms with Crippen molar-refractivity contribution in [1.82, 2.24) is 10.2 Å². The fourth-order valence-electron chi connectivity index (χ4n) is 3.05. The molecule has 2 aromatic carbocycles. The zero-order valence-corrected chi connectivity index (χ0v) is 17.2. The Morgan fingerprint density at radius 2 is 1.84 bits per heavy atom. The first kappa shape index (κ1) is 22.2. The largest absolute Gasteiger partial charge is 0.467 e. The highest BCUT2D eigenvalue weighted by Gasteiger charge is 2.18. The third-order valence-corrected chi connectivity index (χ3v) is 4.93. The number of carbonyl (C=O) groups is 2. The monoisotopic (exact) mass is 427 g/mol. The first-order chi connectivity index (χ1) is 14.8. The van der Waals surface area contributed by atoms with E-state index >= 15 is 0 Å². The van der Waals surface area contributed by atoms with Crippen LogP contribution >= 0.6 is 0 Å². The average molecular weight is 427 g/mol. The molecule has 1 atom stereocenters. The molecule has 0 saturated carbocycles. The number of nitrogens with one attached hydrogen (secondary N) is 2. The fourth-order valence-corrected chi connectivity index (χ4v) is 3.05. The van der Waals surface area contributed by atoms with Gasteiger partial charge in [-0.15, -0.1) is 0 Å². The number of amides is 2. The number of hydrogen-bond donors (Lipinski definition) is 2. The molecule has 6 nitrogen and oxygen atoms in total. The van der Waals surface area contributed by atoms with E-state index in [4.69, 9.17) is 4.42 Å². The number of likely N-dealkylation sites (N-methyl/N-ethyl adjacent to an activating group) is 1. The lowest BCUT2D eigenvalue weighted by Gasteiger charge is -2.24. The summed E-state index contributed by atoms with van der Waals surface area (Å²) in [5, 5.41) is 5.49. The number of hydrogen-bond acceptors (Lipinski definition) is 4. The van der Waals surface area contributed by atoms with Gasteiger partial charge in [-0.2, -0.15) is 0 Å². The predicted octanol–water partition coefficient (Wildman–Crippen LogP) is 4.12. The number of benzene rings is 2. The van der Waals surface area contributed by atoms with Gasteiger partial charge in [0.2, 0.25) is 5.91 Å². The zero-order chi connectivity index (χ0) is 22.4. The van der Waals surface area contributed by atoms with E-state index in [1.54, 1.807) is 55.3 Å². The molecule has 8 heteroatoms. The van der Waals surface area contributed by atoms with E-state index in [9.17, 15) is 18.4 Å². The van der Waals surface area contributed by atoms with Crippen molar-refractivity contribution in [2.24, 2.45) is 0 Å². The van der Waals surface area contributed by atoms with Crippen molar-refractivity contribution in [1.29, 1.82) is 0 Å². The summed E-state index contributed by atoms with van der Waals surface area (Å²) >= 11 is 0. The van der Waals surface area contributed by atoms with Crippen molar-refractivity contribution >= 4 is 17.5 Å². The van der Waals surface area contributed by atoms with Gasteiger partial charge in [0, 0.05) is 6.04 Å². The zero-order valence-electron chi connectivity index (χ0n) is 17.2. The van der Waals surface area contributed by atoms with Gasteiger partial charge in [-0.1, -0.05) is 18.2 Å². The summed E-state index contributed by atoms with van der Waals surface area (Å²) in [4.78, 5) is 26.8. The molecular formula is C23H23F2N3O3. The van der Waals surface area contributed by atoms with Gasteiger partial charge < -0.3 is 15.1 Å². The highest BCUT2D eigenvalue weighted by molar-refractivity contribution is 6.04. The molecule has 0 aliphatic rings. The summed E-state index contributed by atoms with van der Waals surface area (Å²) in [5.41, 5.74) is 1.24. The summed E-state index contributed by atoms with van der Waals surface area (Å²) in [5.74, 6) is -1.93. The van der Waals surface area contributed by atoms with Crippen molar-refractivity contribution in [2.75, 3.05) is 18.9 Å². The molecular weight excluding hydrogens is 404 g/mol. The highest BCUT2D eigenvalue weighted by Crippen LogP contribution is 2.21. The topological polar surface area (TPSA) is 74.6 Å². The molecule has 0 saturated heterocycles. The molecule has 0 aliphatic carbocycles. The van der Waals surface area contributed by atoms with Crippen LogP contribution in [0.4, 0.5) is 14.5 Å². The van der Waals surface area contributed by atoms with E-state index in [0.717, 1.165) is 12.1 Å². The summed E-state index contributed by atoms with van der Waals surface area (Å²) in [6.07, 6.45) is 1.52. The van der Waals surface area contributed by atoms with E-state index in [1.165, 1.54) is 12.3 Å². The Balaban J connectivity index is 1.62. The van der Waals surface area contributed by atoms with Crippen LogP contribution in [-0.2, 0) is 11.3 Å². The van der Waals surface area contributed by atoms with Gasteiger partial charge in [-0.05, 0) is 55.9 Å². The van der Waals surface area contributed by atoms with Crippen molar-refractivity contribution < 1.29 is 22.8 Å². The quantitative estimate of drug-likeness (QED) is 0.567. The van der Waals surface area contributed by atoms with Crippen molar-refractivity contribution in [2.45, 2.75) is 19.5 Å². The molecule has 0 radical (unpaired) electrons. The first-order valence-corrected chi connectivity index (χ1v) is 9.70. The number of carbonyl (C=O) groups excluding carboxylic acids is 2. The first-order valence-electron chi connectivity index (χ1n) is 9.70. The molecule has 2 amide bonds. The van der Waals surface area contributed by atoms with Crippen LogP contribution in [-0.4, -0.2) is 30.3 Å². The Morgan fingerprint density at radius 1 is 1.06 bits per heavy atom. The summed E-state index contributed by atoms with van der Waals surface area (Å²) in [6, 6.07) is 13.5. The van der Waals surface area contributed by atoms with Crippen LogP contribution in [0.2, 0.25) is 0 Å². The van der Waals surface area contributed by atoms with Gasteiger partial charge in [0.05, 0.1) is 30.6 Å². The van der Waals surface area contributed by atoms with Crippen molar-refractivity contribution in [3.8, 4) is 0 Å². The second-order valence-electron chi connectivity index (χ2n) is 7.12. The summed E-state index contributed by atoms with van der Waals surface area (Å²) < 4.78 is 31.9. The van der Waals surface area contributed by atoms with Gasteiger partial charge in [0.25, 0.3) is 5.91 Å². The minimum atomic E-state index is -0.934. The number of halogens is 2. The number of para-hydroxylation sites is 1. The molecule has 1 aromatic heterocycles. The van der Waals surface area contributed by atoms with Crippen LogP contribution < -0.4 is 10.6 Å². The molecule has 3 rings (SSSR count). The molecule has 0 spiro atoms. The number of rotatable bonds is 8. The van der Waals surface area contributed by atoms with Crippen molar-refractivity contribution in [3.05, 3.63) is 89.4 Å². The second-order valence-corrected chi connectivity index (χ2v) is 7.12. The van der Waals surface area contributed by atoms with Gasteiger partial charge >= 0.3 is 0 Å². The van der Waals surface area contributed by atoms with Gasteiger partial charge in [0.15, 0.2) is 11.6 Å². The maximum absolute atomic E-state index is 13.5. The van der Waals surface area contributed by atoms with Crippen LogP contribution in [0.1, 0.15) is 34.6 Å². The van der Waals surface area contributed by atoms with E-state index < -0.39 is 11.6 Å². The van der Waals surface area contributed by atoms with Crippen molar-refractivity contribution in [3.63, 3.8) is 0 Å². The third kappa shape index (κ3) is 5.76. The van der Waals surface area contributed by atoms with Crippen LogP contribution in [0.25, 0.3) is 0 Å². The highest BCUT2D eigenvalue weighted by atomic mass is 19.2.